The number of hydrogen-bond donors (Lipinski definition) is 1. The summed E-state index contributed by atoms with van der Waals surface area (Å²) in [6, 6.07) is 0. The number of aromatic carboxylic acids is 1. The van der Waals surface area contributed by atoms with Gasteiger partial charge in [-0.15, -0.1) is 0 Å². The van der Waals surface area contributed by atoms with Crippen molar-refractivity contribution >= 4 is 11.8 Å². The molecule has 0 radical (unpaired) electrons. The summed E-state index contributed by atoms with van der Waals surface area (Å²) in [7, 11) is 1.94. The molecule has 0 saturated carbocycles. The maximum atomic E-state index is 10.7. The molecule has 0 fully saturated rings. The van der Waals surface area contributed by atoms with E-state index < -0.39 is 5.97 Å². The first kappa shape index (κ1) is 8.93. The second-order valence-electron chi connectivity index (χ2n) is 3.36. The average Bonchev–Trinajstić information content (AvgIpc) is 2.17. The van der Waals surface area contributed by atoms with E-state index >= 15 is 0 Å². The van der Waals surface area contributed by atoms with Crippen LogP contribution in [0.5, 0.6) is 0 Å². The minimum Gasteiger partial charge on any atom is -0.476 e. The van der Waals surface area contributed by atoms with Crippen molar-refractivity contribution < 1.29 is 9.90 Å². The third-order valence-corrected chi connectivity index (χ3v) is 2.31. The number of aryl methyl sites for hydroxylation is 1. The Balaban J connectivity index is 2.44. The molecule has 2 heterocycles. The zero-order valence-corrected chi connectivity index (χ0v) is 7.90. The summed E-state index contributed by atoms with van der Waals surface area (Å²) < 4.78 is 0. The first-order valence-electron chi connectivity index (χ1n) is 4.49. The fourth-order valence-electron chi connectivity index (χ4n) is 1.60. The number of rotatable bonds is 1. The second kappa shape index (κ2) is 3.25. The Labute approximate surface area is 81.4 Å². The molecule has 0 saturated heterocycles. The highest BCUT2D eigenvalue weighted by atomic mass is 16.4. The zero-order chi connectivity index (χ0) is 10.1. The molecule has 0 aliphatic carbocycles. The van der Waals surface area contributed by atoms with Gasteiger partial charge in [-0.1, -0.05) is 0 Å². The Morgan fingerprint density at radius 2 is 2.43 bits per heavy atom. The maximum Gasteiger partial charge on any atom is 0.356 e. The Hall–Kier alpha value is -1.65. The maximum absolute atomic E-state index is 10.7. The highest BCUT2D eigenvalue weighted by Gasteiger charge is 2.18. The van der Waals surface area contributed by atoms with Crippen LogP contribution in [-0.2, 0) is 6.42 Å². The molecule has 1 aromatic rings. The van der Waals surface area contributed by atoms with Gasteiger partial charge in [0.15, 0.2) is 5.69 Å². The Kier molecular flexibility index (Phi) is 2.07. The Morgan fingerprint density at radius 1 is 1.64 bits per heavy atom. The third-order valence-electron chi connectivity index (χ3n) is 2.31. The molecule has 0 atom stereocenters. The highest BCUT2D eigenvalue weighted by Crippen LogP contribution is 2.21. The van der Waals surface area contributed by atoms with Crippen molar-refractivity contribution in [2.45, 2.75) is 12.8 Å². The predicted octanol–water partition coefficient (Wildman–Crippen LogP) is 0.557. The second-order valence-corrected chi connectivity index (χ2v) is 3.36. The number of carboxylic acids is 1. The topological polar surface area (TPSA) is 66.3 Å². The SMILES string of the molecule is CN1CCCc2nc(C(=O)O)cnc21. The monoisotopic (exact) mass is 193 g/mol. The van der Waals surface area contributed by atoms with E-state index in [2.05, 4.69) is 9.97 Å². The lowest BCUT2D eigenvalue weighted by Gasteiger charge is -2.24. The number of anilines is 1. The largest absolute Gasteiger partial charge is 0.476 e. The van der Waals surface area contributed by atoms with Gasteiger partial charge in [-0.05, 0) is 12.8 Å². The normalized spacial score (nSPS) is 15.1. The Morgan fingerprint density at radius 3 is 3.14 bits per heavy atom. The molecule has 0 spiro atoms. The summed E-state index contributed by atoms with van der Waals surface area (Å²) >= 11 is 0. The van der Waals surface area contributed by atoms with Crippen LogP contribution in [0.1, 0.15) is 22.6 Å². The Bertz CT molecular complexity index is 378. The minimum atomic E-state index is -1.02. The van der Waals surface area contributed by atoms with Crippen LogP contribution in [-0.4, -0.2) is 34.6 Å². The quantitative estimate of drug-likeness (QED) is 0.705. The molecule has 74 valence electrons. The molecular weight excluding hydrogens is 182 g/mol. The highest BCUT2D eigenvalue weighted by molar-refractivity contribution is 5.85. The molecule has 1 N–H and O–H groups in total. The molecule has 1 aromatic heterocycles. The number of fused-ring (bicyclic) bond motifs is 1. The standard InChI is InChI=1S/C9H11N3O2/c1-12-4-2-3-6-8(12)10-5-7(11-6)9(13)14/h5H,2-4H2,1H3,(H,13,14). The number of aromatic nitrogens is 2. The van der Waals surface area contributed by atoms with Gasteiger partial charge >= 0.3 is 5.97 Å². The molecule has 1 aliphatic heterocycles. The molecule has 2 rings (SSSR count). The van der Waals surface area contributed by atoms with Crippen LogP contribution in [0, 0.1) is 0 Å². The van der Waals surface area contributed by atoms with Gasteiger partial charge in [0.2, 0.25) is 0 Å². The molecule has 1 aliphatic rings. The molecule has 0 aromatic carbocycles. The van der Waals surface area contributed by atoms with Crippen molar-refractivity contribution in [3.8, 4) is 0 Å². The molecule has 0 bridgehead atoms. The van der Waals surface area contributed by atoms with Crippen molar-refractivity contribution in [3.05, 3.63) is 17.6 Å². The first-order valence-corrected chi connectivity index (χ1v) is 4.49. The fourth-order valence-corrected chi connectivity index (χ4v) is 1.60. The molecule has 5 heteroatoms. The van der Waals surface area contributed by atoms with Gasteiger partial charge in [-0.25, -0.2) is 14.8 Å². The van der Waals surface area contributed by atoms with Gasteiger partial charge in [0.05, 0.1) is 11.9 Å². The molecule has 0 amide bonds. The van der Waals surface area contributed by atoms with Crippen LogP contribution in [0.3, 0.4) is 0 Å². The molecule has 5 nitrogen and oxygen atoms in total. The fraction of sp³-hybridized carbons (Fsp3) is 0.444. The van der Waals surface area contributed by atoms with Crippen LogP contribution < -0.4 is 4.90 Å². The van der Waals surface area contributed by atoms with Gasteiger partial charge in [0, 0.05) is 13.6 Å². The van der Waals surface area contributed by atoms with Crippen molar-refractivity contribution in [2.24, 2.45) is 0 Å². The van der Waals surface area contributed by atoms with Gasteiger partial charge < -0.3 is 10.0 Å². The smallest absolute Gasteiger partial charge is 0.356 e. The number of carboxylic acid groups (broad SMARTS) is 1. The lowest BCUT2D eigenvalue weighted by molar-refractivity contribution is 0.0689. The number of carbonyl (C=O) groups is 1. The summed E-state index contributed by atoms with van der Waals surface area (Å²) in [6.07, 6.45) is 3.12. The van der Waals surface area contributed by atoms with Gasteiger partial charge in [-0.2, -0.15) is 0 Å². The van der Waals surface area contributed by atoms with Crippen LogP contribution >= 0.6 is 0 Å². The lowest BCUT2D eigenvalue weighted by atomic mass is 10.1. The molecule has 14 heavy (non-hydrogen) atoms. The van der Waals surface area contributed by atoms with E-state index in [1.807, 2.05) is 11.9 Å². The van der Waals surface area contributed by atoms with E-state index in [9.17, 15) is 4.79 Å². The number of nitrogens with zero attached hydrogens (tertiary/aromatic N) is 3. The van der Waals surface area contributed by atoms with Crippen molar-refractivity contribution in [2.75, 3.05) is 18.5 Å². The van der Waals surface area contributed by atoms with Crippen LogP contribution in [0.25, 0.3) is 0 Å². The van der Waals surface area contributed by atoms with Gasteiger partial charge in [0.25, 0.3) is 0 Å². The van der Waals surface area contributed by atoms with Gasteiger partial charge in [-0.3, -0.25) is 0 Å². The van der Waals surface area contributed by atoms with Crippen molar-refractivity contribution in [3.63, 3.8) is 0 Å². The van der Waals surface area contributed by atoms with Crippen LogP contribution in [0.4, 0.5) is 5.82 Å². The van der Waals surface area contributed by atoms with E-state index in [0.717, 1.165) is 30.9 Å². The van der Waals surface area contributed by atoms with Crippen LogP contribution in [0.2, 0.25) is 0 Å². The van der Waals surface area contributed by atoms with Crippen molar-refractivity contribution in [1.29, 1.82) is 0 Å². The summed E-state index contributed by atoms with van der Waals surface area (Å²) in [5, 5.41) is 8.74. The lowest BCUT2D eigenvalue weighted by Crippen LogP contribution is -2.27. The summed E-state index contributed by atoms with van der Waals surface area (Å²) in [4.78, 5) is 20.8. The van der Waals surface area contributed by atoms with Crippen LogP contribution in [0.15, 0.2) is 6.20 Å². The summed E-state index contributed by atoms with van der Waals surface area (Å²) in [5.41, 5.74) is 0.817. The van der Waals surface area contributed by atoms with E-state index in [1.165, 1.54) is 6.20 Å². The molecular formula is C9H11N3O2. The number of hydrogen-bond acceptors (Lipinski definition) is 4. The zero-order valence-electron chi connectivity index (χ0n) is 7.90. The van der Waals surface area contributed by atoms with E-state index in [1.54, 1.807) is 0 Å². The van der Waals surface area contributed by atoms with Crippen molar-refractivity contribution in [1.82, 2.24) is 9.97 Å². The van der Waals surface area contributed by atoms with Gasteiger partial charge in [0.1, 0.15) is 5.82 Å². The molecule has 0 unspecified atom stereocenters. The minimum absolute atomic E-state index is 0.0269. The third kappa shape index (κ3) is 1.41. The first-order chi connectivity index (χ1) is 6.68. The van der Waals surface area contributed by atoms with E-state index in [-0.39, 0.29) is 5.69 Å². The summed E-state index contributed by atoms with van der Waals surface area (Å²) in [5.74, 6) is -0.213. The average molecular weight is 193 g/mol. The summed E-state index contributed by atoms with van der Waals surface area (Å²) in [6.45, 7) is 0.952. The predicted molar refractivity (Wildman–Crippen MR) is 50.6 cm³/mol. The van der Waals surface area contributed by atoms with E-state index in [0.29, 0.717) is 0 Å². The van der Waals surface area contributed by atoms with E-state index in [4.69, 9.17) is 5.11 Å².